The van der Waals surface area contributed by atoms with E-state index < -0.39 is 0 Å². The van der Waals surface area contributed by atoms with Gasteiger partial charge < -0.3 is 10.1 Å². The van der Waals surface area contributed by atoms with Crippen LogP contribution in [0.2, 0.25) is 0 Å². The number of thioether (sulfide) groups is 1. The fourth-order valence-electron chi connectivity index (χ4n) is 3.30. The van der Waals surface area contributed by atoms with Gasteiger partial charge in [0, 0.05) is 30.6 Å². The van der Waals surface area contributed by atoms with Crippen LogP contribution in [0.3, 0.4) is 0 Å². The molecule has 0 saturated carbocycles. The minimum absolute atomic E-state index is 0.0720. The lowest BCUT2D eigenvalue weighted by Gasteiger charge is -2.31. The molecule has 0 spiro atoms. The second-order valence-electron chi connectivity index (χ2n) is 6.69. The zero-order valence-electron chi connectivity index (χ0n) is 15.4. The Bertz CT molecular complexity index is 750. The van der Waals surface area contributed by atoms with Crippen molar-refractivity contribution in [3.05, 3.63) is 59.7 Å². The first-order chi connectivity index (χ1) is 12.6. The second kappa shape index (κ2) is 9.10. The Morgan fingerprint density at radius 3 is 2.85 bits per heavy atom. The zero-order chi connectivity index (χ0) is 18.4. The average Bonchev–Trinajstić information content (AvgIpc) is 2.66. The summed E-state index contributed by atoms with van der Waals surface area (Å²) < 4.78 is 5.22. The van der Waals surface area contributed by atoms with Gasteiger partial charge >= 0.3 is 0 Å². The highest BCUT2D eigenvalue weighted by Gasteiger charge is 2.18. The fraction of sp³-hybridized carbons (Fsp3) is 0.381. The first-order valence-electron chi connectivity index (χ1n) is 8.99. The van der Waals surface area contributed by atoms with E-state index in [1.165, 1.54) is 22.9 Å². The molecule has 0 bridgehead atoms. The van der Waals surface area contributed by atoms with E-state index in [1.54, 1.807) is 7.11 Å². The molecule has 138 valence electrons. The molecule has 1 unspecified atom stereocenters. The molecule has 1 aliphatic rings. The largest absolute Gasteiger partial charge is 0.497 e. The van der Waals surface area contributed by atoms with Crippen LogP contribution in [-0.2, 0) is 17.8 Å². The van der Waals surface area contributed by atoms with Crippen LogP contribution < -0.4 is 10.1 Å². The van der Waals surface area contributed by atoms with E-state index in [4.69, 9.17) is 4.74 Å². The quantitative estimate of drug-likeness (QED) is 0.759. The van der Waals surface area contributed by atoms with Crippen molar-refractivity contribution < 1.29 is 9.53 Å². The number of rotatable bonds is 7. The number of methoxy groups -OCH3 is 1. The molecule has 0 fully saturated rings. The summed E-state index contributed by atoms with van der Waals surface area (Å²) in [6, 6.07) is 16.6. The van der Waals surface area contributed by atoms with Gasteiger partial charge in [0.2, 0.25) is 5.91 Å². The van der Waals surface area contributed by atoms with E-state index in [0.717, 1.165) is 36.7 Å². The van der Waals surface area contributed by atoms with Gasteiger partial charge in [0.05, 0.1) is 12.9 Å². The molecule has 0 aromatic heterocycles. The van der Waals surface area contributed by atoms with Crippen LogP contribution in [0.5, 0.6) is 5.75 Å². The fourth-order valence-corrected chi connectivity index (χ4v) is 4.05. The van der Waals surface area contributed by atoms with Crippen LogP contribution in [0.4, 0.5) is 0 Å². The molecule has 1 heterocycles. The summed E-state index contributed by atoms with van der Waals surface area (Å²) >= 11 is 1.53. The van der Waals surface area contributed by atoms with Gasteiger partial charge in [-0.15, -0.1) is 11.8 Å². The van der Waals surface area contributed by atoms with Crippen molar-refractivity contribution in [2.75, 3.05) is 26.0 Å². The molecule has 3 rings (SSSR count). The lowest BCUT2D eigenvalue weighted by atomic mass is 10.00. The number of carbonyl (C=O) groups is 1. The molecule has 4 nitrogen and oxygen atoms in total. The van der Waals surface area contributed by atoms with Crippen molar-refractivity contribution in [3.8, 4) is 5.75 Å². The van der Waals surface area contributed by atoms with Gasteiger partial charge in [-0.2, -0.15) is 0 Å². The van der Waals surface area contributed by atoms with Gasteiger partial charge in [0.15, 0.2) is 0 Å². The number of carbonyl (C=O) groups excluding carboxylic acids is 1. The number of ether oxygens (including phenoxy) is 1. The lowest BCUT2D eigenvalue weighted by Crippen LogP contribution is -2.44. The molecule has 1 N–H and O–H groups in total. The van der Waals surface area contributed by atoms with Crippen molar-refractivity contribution in [1.29, 1.82) is 0 Å². The number of nitrogens with zero attached hydrogens (tertiary/aromatic N) is 1. The molecule has 1 amide bonds. The third kappa shape index (κ3) is 5.26. The predicted octanol–water partition coefficient (Wildman–Crippen LogP) is 3.35. The van der Waals surface area contributed by atoms with Gasteiger partial charge in [-0.1, -0.05) is 30.3 Å². The van der Waals surface area contributed by atoms with Crippen LogP contribution in [-0.4, -0.2) is 42.8 Å². The van der Waals surface area contributed by atoms with E-state index in [-0.39, 0.29) is 11.9 Å². The van der Waals surface area contributed by atoms with Crippen molar-refractivity contribution in [2.24, 2.45) is 0 Å². The minimum atomic E-state index is 0.0720. The Morgan fingerprint density at radius 2 is 2.04 bits per heavy atom. The Kier molecular flexibility index (Phi) is 6.58. The van der Waals surface area contributed by atoms with Crippen molar-refractivity contribution in [2.45, 2.75) is 30.8 Å². The smallest absolute Gasteiger partial charge is 0.230 e. The third-order valence-electron chi connectivity index (χ3n) is 4.56. The number of amides is 1. The molecule has 2 aromatic rings. The minimum Gasteiger partial charge on any atom is -0.497 e. The Morgan fingerprint density at radius 1 is 1.23 bits per heavy atom. The van der Waals surface area contributed by atoms with Crippen molar-refractivity contribution >= 4 is 17.7 Å². The summed E-state index contributed by atoms with van der Waals surface area (Å²) in [4.78, 5) is 15.7. The van der Waals surface area contributed by atoms with E-state index in [2.05, 4.69) is 41.4 Å². The topological polar surface area (TPSA) is 41.6 Å². The first-order valence-corrected chi connectivity index (χ1v) is 9.98. The molecular formula is C21H26N2O2S. The van der Waals surface area contributed by atoms with Crippen molar-refractivity contribution in [3.63, 3.8) is 0 Å². The van der Waals surface area contributed by atoms with E-state index in [0.29, 0.717) is 5.75 Å². The highest BCUT2D eigenvalue weighted by atomic mass is 32.2. The molecule has 1 aliphatic heterocycles. The second-order valence-corrected chi connectivity index (χ2v) is 7.74. The summed E-state index contributed by atoms with van der Waals surface area (Å²) in [6.07, 6.45) is 1.09. The Balaban J connectivity index is 1.43. The van der Waals surface area contributed by atoms with Gasteiger partial charge in [-0.05, 0) is 42.7 Å². The zero-order valence-corrected chi connectivity index (χ0v) is 16.2. The number of hydrogen-bond acceptors (Lipinski definition) is 4. The first kappa shape index (κ1) is 18.8. The highest BCUT2D eigenvalue weighted by Crippen LogP contribution is 2.22. The normalized spacial score (nSPS) is 15.2. The van der Waals surface area contributed by atoms with Gasteiger partial charge in [-0.25, -0.2) is 0 Å². The van der Waals surface area contributed by atoms with Crippen LogP contribution >= 0.6 is 11.8 Å². The number of hydrogen-bond donors (Lipinski definition) is 1. The molecule has 0 saturated heterocycles. The van der Waals surface area contributed by atoms with Gasteiger partial charge in [0.25, 0.3) is 0 Å². The summed E-state index contributed by atoms with van der Waals surface area (Å²) in [6.45, 7) is 4.98. The maximum atomic E-state index is 12.2. The molecule has 2 aromatic carbocycles. The third-order valence-corrected chi connectivity index (χ3v) is 5.55. The van der Waals surface area contributed by atoms with Crippen LogP contribution in [0.1, 0.15) is 18.1 Å². The van der Waals surface area contributed by atoms with E-state index >= 15 is 0 Å². The monoisotopic (exact) mass is 370 g/mol. The summed E-state index contributed by atoms with van der Waals surface area (Å²) in [7, 11) is 1.65. The van der Waals surface area contributed by atoms with E-state index in [1.807, 2.05) is 24.3 Å². The van der Waals surface area contributed by atoms with Gasteiger partial charge in [-0.3, -0.25) is 9.69 Å². The molecule has 1 atom stereocenters. The Hall–Kier alpha value is -1.98. The number of benzene rings is 2. The van der Waals surface area contributed by atoms with Crippen LogP contribution in [0.15, 0.2) is 53.4 Å². The molecule has 26 heavy (non-hydrogen) atoms. The van der Waals surface area contributed by atoms with Crippen LogP contribution in [0.25, 0.3) is 0 Å². The summed E-state index contributed by atoms with van der Waals surface area (Å²) in [5.74, 6) is 1.30. The SMILES string of the molecule is COc1cccc(SCC(=O)NC(C)CN2CCc3ccccc3C2)c1. The molecular weight excluding hydrogens is 344 g/mol. The Labute approximate surface area is 159 Å². The maximum Gasteiger partial charge on any atom is 0.230 e. The number of fused-ring (bicyclic) bond motifs is 1. The molecule has 0 radical (unpaired) electrons. The standard InChI is InChI=1S/C21H26N2O2S/c1-16(13-23-11-10-17-6-3-4-7-18(17)14-23)22-21(24)15-26-20-9-5-8-19(12-20)25-2/h3-9,12,16H,10-11,13-15H2,1-2H3,(H,22,24). The maximum absolute atomic E-state index is 12.2. The van der Waals surface area contributed by atoms with Crippen LogP contribution in [0, 0.1) is 0 Å². The number of nitrogens with one attached hydrogen (secondary N) is 1. The average molecular weight is 371 g/mol. The predicted molar refractivity (Wildman–Crippen MR) is 107 cm³/mol. The highest BCUT2D eigenvalue weighted by molar-refractivity contribution is 8.00. The summed E-state index contributed by atoms with van der Waals surface area (Å²) in [5, 5.41) is 3.12. The van der Waals surface area contributed by atoms with Crippen molar-refractivity contribution in [1.82, 2.24) is 10.2 Å². The van der Waals surface area contributed by atoms with E-state index in [9.17, 15) is 4.79 Å². The summed E-state index contributed by atoms with van der Waals surface area (Å²) in [5.41, 5.74) is 2.86. The molecule has 0 aliphatic carbocycles. The lowest BCUT2D eigenvalue weighted by molar-refractivity contribution is -0.119. The molecule has 5 heteroatoms. The van der Waals surface area contributed by atoms with Gasteiger partial charge in [0.1, 0.15) is 5.75 Å².